The van der Waals surface area contributed by atoms with Gasteiger partial charge < -0.3 is 15.7 Å². The molecule has 0 saturated heterocycles. The molecule has 3 N–H and O–H groups in total. The number of phenolic OH excluding ortho intramolecular Hbond substituents is 1. The average molecular weight is 284 g/mol. The van der Waals surface area contributed by atoms with Gasteiger partial charge in [0.25, 0.3) is 5.91 Å². The van der Waals surface area contributed by atoms with Gasteiger partial charge in [0.15, 0.2) is 0 Å². The lowest BCUT2D eigenvalue weighted by Gasteiger charge is -2.10. The van der Waals surface area contributed by atoms with Crippen LogP contribution in [0.4, 0.5) is 5.69 Å². The lowest BCUT2D eigenvalue weighted by Crippen LogP contribution is -2.29. The first-order valence-electron chi connectivity index (χ1n) is 6.97. The molecular weight excluding hydrogens is 264 g/mol. The molecule has 2 rings (SSSR count). The van der Waals surface area contributed by atoms with Gasteiger partial charge in [-0.3, -0.25) is 4.79 Å². The second kappa shape index (κ2) is 6.79. The molecule has 0 bridgehead atoms. The number of benzene rings is 2. The van der Waals surface area contributed by atoms with Crippen molar-refractivity contribution >= 4 is 11.6 Å². The fraction of sp³-hybridized carbons (Fsp3) is 0.235. The molecule has 0 aliphatic rings. The number of phenols is 1. The summed E-state index contributed by atoms with van der Waals surface area (Å²) in [5.41, 5.74) is 2.57. The predicted molar refractivity (Wildman–Crippen MR) is 84.5 cm³/mol. The number of hydrogen-bond donors (Lipinski definition) is 3. The Morgan fingerprint density at radius 2 is 1.86 bits per heavy atom. The van der Waals surface area contributed by atoms with E-state index in [1.165, 1.54) is 0 Å². The highest BCUT2D eigenvalue weighted by Gasteiger charge is 2.06. The molecule has 4 nitrogen and oxygen atoms in total. The van der Waals surface area contributed by atoms with Crippen LogP contribution in [0.15, 0.2) is 48.5 Å². The predicted octanol–water partition coefficient (Wildman–Crippen LogP) is 3.14. The summed E-state index contributed by atoms with van der Waals surface area (Å²) in [7, 11) is 0. The van der Waals surface area contributed by atoms with Gasteiger partial charge in [-0.15, -0.1) is 0 Å². The molecule has 4 heteroatoms. The third kappa shape index (κ3) is 4.53. The van der Waals surface area contributed by atoms with Crippen molar-refractivity contribution in [3.63, 3.8) is 0 Å². The highest BCUT2D eigenvalue weighted by atomic mass is 16.3. The largest absolute Gasteiger partial charge is 0.508 e. The van der Waals surface area contributed by atoms with E-state index in [2.05, 4.69) is 10.6 Å². The topological polar surface area (TPSA) is 61.4 Å². The second-order valence-electron chi connectivity index (χ2n) is 5.23. The van der Waals surface area contributed by atoms with Crippen LogP contribution in [0.25, 0.3) is 0 Å². The molecule has 2 aromatic rings. The number of hydrogen-bond acceptors (Lipinski definition) is 3. The summed E-state index contributed by atoms with van der Waals surface area (Å²) in [5.74, 6) is 0.194. The van der Waals surface area contributed by atoms with Crippen LogP contribution in [0.5, 0.6) is 5.75 Å². The van der Waals surface area contributed by atoms with E-state index in [0.29, 0.717) is 12.1 Å². The number of carbonyl (C=O) groups is 1. The van der Waals surface area contributed by atoms with E-state index in [4.69, 9.17) is 0 Å². The molecular formula is C17H20N2O2. The Labute approximate surface area is 124 Å². The molecule has 0 heterocycles. The van der Waals surface area contributed by atoms with Gasteiger partial charge in [0.2, 0.25) is 0 Å². The van der Waals surface area contributed by atoms with Crippen molar-refractivity contribution in [3.8, 4) is 5.75 Å². The zero-order chi connectivity index (χ0) is 15.2. The number of amides is 1. The Morgan fingerprint density at radius 1 is 1.14 bits per heavy atom. The monoisotopic (exact) mass is 284 g/mol. The molecule has 0 spiro atoms. The summed E-state index contributed by atoms with van der Waals surface area (Å²) in [6, 6.07) is 14.6. The molecule has 0 radical (unpaired) electrons. The number of anilines is 1. The van der Waals surface area contributed by atoms with Gasteiger partial charge in [-0.05, 0) is 55.8 Å². The lowest BCUT2D eigenvalue weighted by molar-refractivity contribution is 0.0943. The summed E-state index contributed by atoms with van der Waals surface area (Å²) in [5, 5.41) is 15.5. The van der Waals surface area contributed by atoms with Crippen molar-refractivity contribution in [2.24, 2.45) is 0 Å². The number of aromatic hydroxyl groups is 1. The maximum Gasteiger partial charge on any atom is 0.251 e. The van der Waals surface area contributed by atoms with Crippen LogP contribution in [0, 0.1) is 0 Å². The van der Waals surface area contributed by atoms with E-state index in [1.54, 1.807) is 24.3 Å². The smallest absolute Gasteiger partial charge is 0.251 e. The molecule has 21 heavy (non-hydrogen) atoms. The first-order chi connectivity index (χ1) is 10.0. The van der Waals surface area contributed by atoms with Crippen LogP contribution >= 0.6 is 0 Å². The van der Waals surface area contributed by atoms with Crippen molar-refractivity contribution < 1.29 is 9.90 Å². The lowest BCUT2D eigenvalue weighted by atomic mass is 10.1. The van der Waals surface area contributed by atoms with E-state index in [-0.39, 0.29) is 17.7 Å². The SMILES string of the molecule is CC(C)NC(=O)c1ccc(NCc2cccc(O)c2)cc1. The molecule has 2 aromatic carbocycles. The van der Waals surface area contributed by atoms with Crippen molar-refractivity contribution in [1.82, 2.24) is 5.32 Å². The fourth-order valence-electron chi connectivity index (χ4n) is 1.96. The minimum absolute atomic E-state index is 0.0652. The van der Waals surface area contributed by atoms with Gasteiger partial charge >= 0.3 is 0 Å². The van der Waals surface area contributed by atoms with Crippen LogP contribution in [-0.2, 0) is 6.54 Å². The van der Waals surface area contributed by atoms with Crippen molar-refractivity contribution in [3.05, 3.63) is 59.7 Å². The Balaban J connectivity index is 1.95. The van der Waals surface area contributed by atoms with Gasteiger partial charge in [-0.2, -0.15) is 0 Å². The van der Waals surface area contributed by atoms with Gasteiger partial charge in [0, 0.05) is 23.8 Å². The molecule has 0 aromatic heterocycles. The molecule has 0 atom stereocenters. The van der Waals surface area contributed by atoms with Gasteiger partial charge in [-0.25, -0.2) is 0 Å². The zero-order valence-corrected chi connectivity index (χ0v) is 12.3. The third-order valence-corrected chi connectivity index (χ3v) is 2.97. The minimum atomic E-state index is -0.0652. The third-order valence-electron chi connectivity index (χ3n) is 2.97. The van der Waals surface area contributed by atoms with Crippen LogP contribution in [0.1, 0.15) is 29.8 Å². The quantitative estimate of drug-likeness (QED) is 0.790. The maximum absolute atomic E-state index is 11.8. The minimum Gasteiger partial charge on any atom is -0.508 e. The van der Waals surface area contributed by atoms with E-state index in [9.17, 15) is 9.90 Å². The van der Waals surface area contributed by atoms with Gasteiger partial charge in [-0.1, -0.05) is 12.1 Å². The Morgan fingerprint density at radius 3 is 2.48 bits per heavy atom. The molecule has 0 aliphatic carbocycles. The second-order valence-corrected chi connectivity index (χ2v) is 5.23. The normalized spacial score (nSPS) is 10.4. The summed E-state index contributed by atoms with van der Waals surface area (Å²) in [4.78, 5) is 11.8. The van der Waals surface area contributed by atoms with E-state index in [1.807, 2.05) is 38.1 Å². The van der Waals surface area contributed by atoms with Gasteiger partial charge in [0.05, 0.1) is 0 Å². The summed E-state index contributed by atoms with van der Waals surface area (Å²) in [6.07, 6.45) is 0. The van der Waals surface area contributed by atoms with Crippen LogP contribution in [0.3, 0.4) is 0 Å². The number of rotatable bonds is 5. The Kier molecular flexibility index (Phi) is 4.82. The summed E-state index contributed by atoms with van der Waals surface area (Å²) >= 11 is 0. The number of carbonyl (C=O) groups excluding carboxylic acids is 1. The highest BCUT2D eigenvalue weighted by Crippen LogP contribution is 2.14. The Hall–Kier alpha value is -2.49. The molecule has 0 fully saturated rings. The molecule has 110 valence electrons. The molecule has 0 unspecified atom stereocenters. The van der Waals surface area contributed by atoms with Crippen LogP contribution in [-0.4, -0.2) is 17.1 Å². The Bertz CT molecular complexity index is 606. The highest BCUT2D eigenvalue weighted by molar-refractivity contribution is 5.94. The molecule has 0 aliphatic heterocycles. The zero-order valence-electron chi connectivity index (χ0n) is 12.3. The number of nitrogens with one attached hydrogen (secondary N) is 2. The van der Waals surface area contributed by atoms with Crippen LogP contribution in [0.2, 0.25) is 0 Å². The molecule has 1 amide bonds. The van der Waals surface area contributed by atoms with Crippen molar-refractivity contribution in [2.45, 2.75) is 26.4 Å². The summed E-state index contributed by atoms with van der Waals surface area (Å²) in [6.45, 7) is 4.48. The first kappa shape index (κ1) is 14.9. The summed E-state index contributed by atoms with van der Waals surface area (Å²) < 4.78 is 0. The van der Waals surface area contributed by atoms with Crippen molar-refractivity contribution in [1.29, 1.82) is 0 Å². The average Bonchev–Trinajstić information content (AvgIpc) is 2.45. The molecule has 0 saturated carbocycles. The standard InChI is InChI=1S/C17H20N2O2/c1-12(2)19-17(21)14-6-8-15(9-7-14)18-11-13-4-3-5-16(20)10-13/h3-10,12,18,20H,11H2,1-2H3,(H,19,21). The van der Waals surface area contributed by atoms with Gasteiger partial charge in [0.1, 0.15) is 5.75 Å². The van der Waals surface area contributed by atoms with E-state index >= 15 is 0 Å². The van der Waals surface area contributed by atoms with E-state index in [0.717, 1.165) is 11.3 Å². The fourth-order valence-corrected chi connectivity index (χ4v) is 1.96. The maximum atomic E-state index is 11.8. The van der Waals surface area contributed by atoms with Crippen molar-refractivity contribution in [2.75, 3.05) is 5.32 Å². The van der Waals surface area contributed by atoms with Crippen LogP contribution < -0.4 is 10.6 Å². The first-order valence-corrected chi connectivity index (χ1v) is 6.97. The van der Waals surface area contributed by atoms with E-state index < -0.39 is 0 Å².